The molecule has 2 heterocycles. The number of hydrogen-bond donors (Lipinski definition) is 2. The molecule has 2 aromatic heterocycles. The number of carbonyl (C=O) groups excluding carboxylic acids is 2. The molecule has 3 aromatic carbocycles. The molecule has 0 aliphatic carbocycles. The Morgan fingerprint density at radius 1 is 0.960 bits per heavy atom. The van der Waals surface area contributed by atoms with Crippen molar-refractivity contribution >= 4 is 29.6 Å². The Labute approximate surface area is 293 Å². The Hall–Kier alpha value is -5.43. The average Bonchev–Trinajstić information content (AvgIpc) is 3.51. The van der Waals surface area contributed by atoms with Crippen molar-refractivity contribution < 1.29 is 23.5 Å². The summed E-state index contributed by atoms with van der Waals surface area (Å²) >= 11 is 1.23. The summed E-state index contributed by atoms with van der Waals surface area (Å²) in [5.74, 6) is -0.453. The van der Waals surface area contributed by atoms with E-state index in [9.17, 15) is 18.8 Å². The highest BCUT2D eigenvalue weighted by Crippen LogP contribution is 2.27. The van der Waals surface area contributed by atoms with Gasteiger partial charge >= 0.3 is 12.0 Å². The van der Waals surface area contributed by atoms with Gasteiger partial charge in [-0.25, -0.2) is 18.7 Å². The fourth-order valence-corrected chi connectivity index (χ4v) is 5.63. The number of rotatable bonds is 10. The number of carbonyl (C=O) groups is 2. The van der Waals surface area contributed by atoms with E-state index in [4.69, 9.17) is 14.6 Å². The minimum Gasteiger partial charge on any atom is -0.473 e. The molecule has 260 valence electrons. The molecule has 5 aromatic rings. The number of aryl methyl sites for hydroxylation is 2. The smallest absolute Gasteiger partial charge is 0.337 e. The number of ether oxygens (including phenoxy) is 2. The van der Waals surface area contributed by atoms with E-state index in [2.05, 4.69) is 15.6 Å². The highest BCUT2D eigenvalue weighted by atomic mass is 32.2. The predicted octanol–water partition coefficient (Wildman–Crippen LogP) is 6.88. The maximum absolute atomic E-state index is 14.4. The average molecular weight is 699 g/mol. The molecular formula is C37H39FN6O5S. The fraction of sp³-hybridized carbons (Fsp3) is 0.270. The van der Waals surface area contributed by atoms with E-state index in [1.54, 1.807) is 35.2 Å². The molecular weight excluding hydrogens is 660 g/mol. The van der Waals surface area contributed by atoms with Gasteiger partial charge in [-0.15, -0.1) is 0 Å². The van der Waals surface area contributed by atoms with Gasteiger partial charge in [0.1, 0.15) is 18.2 Å². The molecule has 13 heteroatoms. The summed E-state index contributed by atoms with van der Waals surface area (Å²) in [6, 6.07) is 19.5. The van der Waals surface area contributed by atoms with Gasteiger partial charge in [0.2, 0.25) is 5.88 Å². The van der Waals surface area contributed by atoms with Gasteiger partial charge in [0.05, 0.1) is 35.8 Å². The van der Waals surface area contributed by atoms with Crippen molar-refractivity contribution in [1.82, 2.24) is 24.6 Å². The van der Waals surface area contributed by atoms with Crippen LogP contribution in [0.15, 0.2) is 82.7 Å². The van der Waals surface area contributed by atoms with Gasteiger partial charge in [0, 0.05) is 18.0 Å². The third-order valence-electron chi connectivity index (χ3n) is 7.90. The number of nitrogens with zero attached hydrogens (tertiary/aromatic N) is 4. The largest absolute Gasteiger partial charge is 0.473 e. The second-order valence-electron chi connectivity index (χ2n) is 12.7. The summed E-state index contributed by atoms with van der Waals surface area (Å²) < 4.78 is 28.2. The van der Waals surface area contributed by atoms with Gasteiger partial charge in [0.15, 0.2) is 5.16 Å². The third kappa shape index (κ3) is 8.23. The normalized spacial score (nSPS) is 11.3. The Balaban J connectivity index is 1.32. The van der Waals surface area contributed by atoms with Crippen LogP contribution in [0.5, 0.6) is 5.88 Å². The third-order valence-corrected chi connectivity index (χ3v) is 8.54. The summed E-state index contributed by atoms with van der Waals surface area (Å²) in [5, 5.41) is 10.8. The minimum atomic E-state index is -0.525. The number of anilines is 1. The summed E-state index contributed by atoms with van der Waals surface area (Å²) in [5.41, 5.74) is 4.63. The van der Waals surface area contributed by atoms with Crippen molar-refractivity contribution in [3.63, 3.8) is 0 Å². The molecule has 0 unspecified atom stereocenters. The fourth-order valence-electron chi connectivity index (χ4n) is 5.08. The number of thioether (sulfide) groups is 1. The number of nitrogens with one attached hydrogen (secondary N) is 2. The Morgan fingerprint density at radius 3 is 2.38 bits per heavy atom. The SMILES string of the molecule is COC(=O)c1ccc(C)c(-n2c(SC)nc(OCc3ccc(F)cc3CNC(=O)Nc3cc(C(C)(C)C)nn3-c3ccc(C)cc3)cc2=O)c1. The van der Waals surface area contributed by atoms with E-state index >= 15 is 0 Å². The molecule has 11 nitrogen and oxygen atoms in total. The van der Waals surface area contributed by atoms with Crippen molar-refractivity contribution in [3.05, 3.63) is 122 Å². The molecule has 5 rings (SSSR count). The van der Waals surface area contributed by atoms with Crippen LogP contribution < -0.4 is 20.9 Å². The zero-order valence-electron chi connectivity index (χ0n) is 29.0. The topological polar surface area (TPSA) is 129 Å². The molecule has 0 spiro atoms. The zero-order valence-corrected chi connectivity index (χ0v) is 29.8. The zero-order chi connectivity index (χ0) is 36.2. The number of aromatic nitrogens is 4. The Kier molecular flexibility index (Phi) is 10.8. The van der Waals surface area contributed by atoms with Crippen LogP contribution in [-0.2, 0) is 23.3 Å². The second-order valence-corrected chi connectivity index (χ2v) is 13.4. The number of urea groups is 1. The molecule has 0 atom stereocenters. The van der Waals surface area contributed by atoms with Crippen LogP contribution >= 0.6 is 11.8 Å². The first-order chi connectivity index (χ1) is 23.8. The number of amides is 2. The van der Waals surface area contributed by atoms with Crippen molar-refractivity contribution in [2.24, 2.45) is 0 Å². The number of benzene rings is 3. The Morgan fingerprint density at radius 2 is 1.70 bits per heavy atom. The molecule has 0 aliphatic rings. The summed E-state index contributed by atoms with van der Waals surface area (Å²) in [6.07, 6.45) is 1.77. The van der Waals surface area contributed by atoms with Crippen LogP contribution in [-0.4, -0.2) is 44.7 Å². The molecule has 50 heavy (non-hydrogen) atoms. The first-order valence-corrected chi connectivity index (χ1v) is 17.0. The summed E-state index contributed by atoms with van der Waals surface area (Å²) in [7, 11) is 1.29. The van der Waals surface area contributed by atoms with Gasteiger partial charge in [0.25, 0.3) is 5.56 Å². The number of methoxy groups -OCH3 is 1. The first-order valence-electron chi connectivity index (χ1n) is 15.8. The molecule has 0 fully saturated rings. The number of halogens is 1. The summed E-state index contributed by atoms with van der Waals surface area (Å²) in [4.78, 5) is 43.2. The minimum absolute atomic E-state index is 0.00597. The molecule has 2 N–H and O–H groups in total. The molecule has 2 amide bonds. The lowest BCUT2D eigenvalue weighted by Crippen LogP contribution is -2.29. The summed E-state index contributed by atoms with van der Waals surface area (Å²) in [6.45, 7) is 9.89. The lowest BCUT2D eigenvalue weighted by atomic mass is 9.92. The number of esters is 1. The van der Waals surface area contributed by atoms with Crippen molar-refractivity contribution in [3.8, 4) is 17.3 Å². The molecule has 0 saturated heterocycles. The van der Waals surface area contributed by atoms with Crippen LogP contribution in [0.4, 0.5) is 15.0 Å². The molecule has 0 radical (unpaired) electrons. The van der Waals surface area contributed by atoms with Gasteiger partial charge in [-0.05, 0) is 73.2 Å². The van der Waals surface area contributed by atoms with E-state index < -0.39 is 23.4 Å². The van der Waals surface area contributed by atoms with Crippen molar-refractivity contribution in [1.29, 1.82) is 0 Å². The molecule has 0 bridgehead atoms. The van der Waals surface area contributed by atoms with Gasteiger partial charge in [-0.1, -0.05) is 62.4 Å². The van der Waals surface area contributed by atoms with E-state index in [0.29, 0.717) is 33.4 Å². The lowest BCUT2D eigenvalue weighted by Gasteiger charge is -2.16. The van der Waals surface area contributed by atoms with Crippen LogP contribution in [0.3, 0.4) is 0 Å². The number of hydrogen-bond acceptors (Lipinski definition) is 8. The quantitative estimate of drug-likeness (QED) is 0.0918. The van der Waals surface area contributed by atoms with E-state index in [0.717, 1.165) is 22.5 Å². The van der Waals surface area contributed by atoms with Crippen LogP contribution in [0, 0.1) is 19.7 Å². The van der Waals surface area contributed by atoms with E-state index in [1.807, 2.05) is 65.0 Å². The van der Waals surface area contributed by atoms with Gasteiger partial charge in [-0.3, -0.25) is 14.7 Å². The standard InChI is InChI=1S/C37H39FN6O5S/c1-22-8-14-28(15-9-22)44-31(18-30(42-44)37(3,4)5)40-35(47)39-20-26-16-27(38)13-12-25(26)21-49-32-19-33(45)43(36(41-32)50-7)29-17-24(34(46)48-6)11-10-23(29)2/h8-19H,20-21H2,1-7H3,(H2,39,40,47). The second kappa shape index (κ2) is 15.0. The predicted molar refractivity (Wildman–Crippen MR) is 191 cm³/mol. The van der Waals surface area contributed by atoms with Crippen molar-refractivity contribution in [2.75, 3.05) is 18.7 Å². The van der Waals surface area contributed by atoms with E-state index in [-0.39, 0.29) is 24.4 Å². The maximum atomic E-state index is 14.4. The lowest BCUT2D eigenvalue weighted by molar-refractivity contribution is 0.0600. The monoisotopic (exact) mass is 698 g/mol. The van der Waals surface area contributed by atoms with Crippen LogP contribution in [0.2, 0.25) is 0 Å². The van der Waals surface area contributed by atoms with Crippen LogP contribution in [0.1, 0.15) is 59.1 Å². The molecule has 0 saturated carbocycles. The first kappa shape index (κ1) is 35.9. The highest BCUT2D eigenvalue weighted by molar-refractivity contribution is 7.98. The van der Waals surface area contributed by atoms with Gasteiger partial charge < -0.3 is 14.8 Å². The van der Waals surface area contributed by atoms with Crippen LogP contribution in [0.25, 0.3) is 11.4 Å². The van der Waals surface area contributed by atoms with Gasteiger partial charge in [-0.2, -0.15) is 10.1 Å². The highest BCUT2D eigenvalue weighted by Gasteiger charge is 2.22. The van der Waals surface area contributed by atoms with E-state index in [1.165, 1.54) is 41.6 Å². The Bertz CT molecular complexity index is 2100. The van der Waals surface area contributed by atoms with Crippen molar-refractivity contribution in [2.45, 2.75) is 58.3 Å². The maximum Gasteiger partial charge on any atom is 0.337 e. The molecule has 0 aliphatic heterocycles.